The van der Waals surface area contributed by atoms with Crippen molar-refractivity contribution >= 4 is 22.4 Å². The summed E-state index contributed by atoms with van der Waals surface area (Å²) in [5.41, 5.74) is 5.57. The van der Waals surface area contributed by atoms with Crippen LogP contribution in [-0.4, -0.2) is 25.8 Å². The first-order valence-electron chi connectivity index (χ1n) is 9.75. The Bertz CT molecular complexity index is 1250. The van der Waals surface area contributed by atoms with Crippen LogP contribution in [0.5, 0.6) is 5.75 Å². The van der Waals surface area contributed by atoms with Crippen LogP contribution in [0.25, 0.3) is 11.3 Å². The third-order valence-corrected chi connectivity index (χ3v) is 5.90. The number of thiazole rings is 1. The fourth-order valence-electron chi connectivity index (χ4n) is 3.23. The lowest BCUT2D eigenvalue weighted by Gasteiger charge is -2.11. The summed E-state index contributed by atoms with van der Waals surface area (Å²) < 4.78 is 13.0. The molecule has 8 nitrogen and oxygen atoms in total. The number of aromatic nitrogens is 4. The lowest BCUT2D eigenvalue weighted by Crippen LogP contribution is -2.15. The highest BCUT2D eigenvalue weighted by Crippen LogP contribution is 2.28. The predicted octanol–water partition coefficient (Wildman–Crippen LogP) is 4.60. The van der Waals surface area contributed by atoms with Crippen molar-refractivity contribution in [2.45, 2.75) is 34.3 Å². The van der Waals surface area contributed by atoms with Gasteiger partial charge in [-0.15, -0.1) is 11.3 Å². The molecule has 4 aromatic rings. The van der Waals surface area contributed by atoms with Crippen LogP contribution in [0.15, 0.2) is 34.3 Å². The number of nitrogens with one attached hydrogen (secondary N) is 1. The van der Waals surface area contributed by atoms with Gasteiger partial charge >= 0.3 is 0 Å². The van der Waals surface area contributed by atoms with Crippen molar-refractivity contribution in [2.24, 2.45) is 7.05 Å². The molecule has 0 unspecified atom stereocenters. The quantitative estimate of drug-likeness (QED) is 0.474. The lowest BCUT2D eigenvalue weighted by molar-refractivity contribution is 0.101. The number of carbonyl (C=O) groups excluding carboxylic acids is 1. The van der Waals surface area contributed by atoms with Crippen LogP contribution in [-0.2, 0) is 13.7 Å². The van der Waals surface area contributed by atoms with Crippen LogP contribution < -0.4 is 10.1 Å². The molecule has 31 heavy (non-hydrogen) atoms. The number of carbonyl (C=O) groups is 1. The SMILES string of the molecule is Cc1cccc(OCc2c(C(=O)Nc3nc(-c4cn(C)nc4C)cs3)noc2C)c1C. The Morgan fingerprint density at radius 2 is 2.06 bits per heavy atom. The topological polar surface area (TPSA) is 95.1 Å². The number of hydrogen-bond donors (Lipinski definition) is 1. The average molecular weight is 438 g/mol. The molecule has 3 heterocycles. The molecule has 1 aromatic carbocycles. The number of rotatable bonds is 6. The van der Waals surface area contributed by atoms with Gasteiger partial charge in [0, 0.05) is 24.2 Å². The first-order valence-corrected chi connectivity index (χ1v) is 10.6. The van der Waals surface area contributed by atoms with Crippen LogP contribution in [0, 0.1) is 27.7 Å². The molecule has 3 aromatic heterocycles. The van der Waals surface area contributed by atoms with Crippen molar-refractivity contribution in [3.05, 3.63) is 63.6 Å². The number of nitrogens with zero attached hydrogens (tertiary/aromatic N) is 4. The van der Waals surface area contributed by atoms with Crippen molar-refractivity contribution in [1.82, 2.24) is 19.9 Å². The second-order valence-corrected chi connectivity index (χ2v) is 8.20. The summed E-state index contributed by atoms with van der Waals surface area (Å²) in [6, 6.07) is 5.87. The Hall–Kier alpha value is -3.46. The number of amides is 1. The fraction of sp³-hybridized carbons (Fsp3) is 0.273. The predicted molar refractivity (Wildman–Crippen MR) is 118 cm³/mol. The first kappa shape index (κ1) is 20.8. The van der Waals surface area contributed by atoms with Crippen molar-refractivity contribution in [3.63, 3.8) is 0 Å². The van der Waals surface area contributed by atoms with E-state index in [-0.39, 0.29) is 18.2 Å². The molecule has 0 atom stereocenters. The Labute approximate surface area is 183 Å². The van der Waals surface area contributed by atoms with Crippen LogP contribution in [0.1, 0.15) is 38.6 Å². The molecule has 4 rings (SSSR count). The number of ether oxygens (including phenoxy) is 1. The van der Waals surface area contributed by atoms with Gasteiger partial charge in [0.15, 0.2) is 10.8 Å². The summed E-state index contributed by atoms with van der Waals surface area (Å²) in [4.78, 5) is 17.4. The van der Waals surface area contributed by atoms with Gasteiger partial charge in [-0.25, -0.2) is 4.98 Å². The zero-order valence-corrected chi connectivity index (χ0v) is 18.8. The molecule has 0 aliphatic heterocycles. The molecule has 1 N–H and O–H groups in total. The van der Waals surface area contributed by atoms with E-state index in [9.17, 15) is 4.79 Å². The molecule has 0 radical (unpaired) electrons. The van der Waals surface area contributed by atoms with E-state index < -0.39 is 0 Å². The molecule has 1 amide bonds. The zero-order chi connectivity index (χ0) is 22.1. The number of benzene rings is 1. The molecule has 0 aliphatic rings. The average Bonchev–Trinajstić information content (AvgIpc) is 3.42. The van der Waals surface area contributed by atoms with Crippen LogP contribution in [0.2, 0.25) is 0 Å². The minimum Gasteiger partial charge on any atom is -0.488 e. The van der Waals surface area contributed by atoms with Gasteiger partial charge in [-0.05, 0) is 44.9 Å². The van der Waals surface area contributed by atoms with E-state index in [1.54, 1.807) is 11.6 Å². The van der Waals surface area contributed by atoms with E-state index in [0.29, 0.717) is 16.5 Å². The maximum Gasteiger partial charge on any atom is 0.280 e. The van der Waals surface area contributed by atoms with Gasteiger partial charge in [0.2, 0.25) is 0 Å². The van der Waals surface area contributed by atoms with Crippen molar-refractivity contribution in [1.29, 1.82) is 0 Å². The molecule has 0 saturated carbocycles. The summed E-state index contributed by atoms with van der Waals surface area (Å²) in [5, 5.41) is 13.5. The van der Waals surface area contributed by atoms with E-state index in [4.69, 9.17) is 9.26 Å². The fourth-order valence-corrected chi connectivity index (χ4v) is 3.94. The maximum atomic E-state index is 12.9. The van der Waals surface area contributed by atoms with Crippen molar-refractivity contribution in [2.75, 3.05) is 5.32 Å². The van der Waals surface area contributed by atoms with Gasteiger partial charge in [0.1, 0.15) is 18.1 Å². The van der Waals surface area contributed by atoms with Crippen LogP contribution in [0.3, 0.4) is 0 Å². The summed E-state index contributed by atoms with van der Waals surface area (Å²) >= 11 is 1.34. The normalized spacial score (nSPS) is 11.0. The monoisotopic (exact) mass is 437 g/mol. The second-order valence-electron chi connectivity index (χ2n) is 7.35. The van der Waals surface area contributed by atoms with Gasteiger partial charge in [0.05, 0.1) is 17.0 Å². The van der Waals surface area contributed by atoms with E-state index in [2.05, 4.69) is 20.6 Å². The van der Waals surface area contributed by atoms with Crippen molar-refractivity contribution < 1.29 is 14.1 Å². The Balaban J connectivity index is 1.50. The van der Waals surface area contributed by atoms with Gasteiger partial charge in [-0.2, -0.15) is 5.10 Å². The minimum absolute atomic E-state index is 0.181. The van der Waals surface area contributed by atoms with E-state index in [1.807, 2.05) is 57.6 Å². The standard InChI is InChI=1S/C22H23N5O3S/c1-12-7-6-8-19(13(12)2)29-10-17-15(4)30-26-20(17)21(28)24-22-23-18(11-31-22)16-9-27(5)25-14(16)3/h6-9,11H,10H2,1-5H3,(H,23,24,28). The molecule has 9 heteroatoms. The smallest absolute Gasteiger partial charge is 0.280 e. The van der Waals surface area contributed by atoms with E-state index in [0.717, 1.165) is 33.8 Å². The Morgan fingerprint density at radius 3 is 2.81 bits per heavy atom. The van der Waals surface area contributed by atoms with Gasteiger partial charge in [-0.3, -0.25) is 14.8 Å². The van der Waals surface area contributed by atoms with Gasteiger partial charge < -0.3 is 9.26 Å². The summed E-state index contributed by atoms with van der Waals surface area (Å²) in [6.45, 7) is 7.90. The minimum atomic E-state index is -0.389. The maximum absolute atomic E-state index is 12.9. The first-order chi connectivity index (χ1) is 14.8. The molecular formula is C22H23N5O3S. The third kappa shape index (κ3) is 4.22. The number of aryl methyl sites for hydroxylation is 4. The molecule has 0 bridgehead atoms. The van der Waals surface area contributed by atoms with Gasteiger partial charge in [-0.1, -0.05) is 17.3 Å². The molecule has 160 valence electrons. The largest absolute Gasteiger partial charge is 0.488 e. The van der Waals surface area contributed by atoms with E-state index >= 15 is 0 Å². The Morgan fingerprint density at radius 1 is 1.26 bits per heavy atom. The highest BCUT2D eigenvalue weighted by atomic mass is 32.1. The number of anilines is 1. The molecular weight excluding hydrogens is 414 g/mol. The Kier molecular flexibility index (Phi) is 5.60. The second kappa shape index (κ2) is 8.35. The summed E-state index contributed by atoms with van der Waals surface area (Å²) in [5.74, 6) is 0.921. The number of hydrogen-bond acceptors (Lipinski definition) is 7. The zero-order valence-electron chi connectivity index (χ0n) is 18.0. The molecule has 0 saturated heterocycles. The highest BCUT2D eigenvalue weighted by Gasteiger charge is 2.22. The molecule has 0 fully saturated rings. The summed E-state index contributed by atoms with van der Waals surface area (Å²) in [7, 11) is 1.86. The molecule has 0 spiro atoms. The highest BCUT2D eigenvalue weighted by molar-refractivity contribution is 7.14. The summed E-state index contributed by atoms with van der Waals surface area (Å²) in [6.07, 6.45) is 1.90. The van der Waals surface area contributed by atoms with Gasteiger partial charge in [0.25, 0.3) is 5.91 Å². The van der Waals surface area contributed by atoms with Crippen LogP contribution >= 0.6 is 11.3 Å². The van der Waals surface area contributed by atoms with E-state index in [1.165, 1.54) is 11.3 Å². The third-order valence-electron chi connectivity index (χ3n) is 5.14. The molecule has 0 aliphatic carbocycles. The van der Waals surface area contributed by atoms with Crippen molar-refractivity contribution in [3.8, 4) is 17.0 Å². The van der Waals surface area contributed by atoms with Crippen LogP contribution in [0.4, 0.5) is 5.13 Å². The lowest BCUT2D eigenvalue weighted by atomic mass is 10.1.